The van der Waals surface area contributed by atoms with Crippen LogP contribution in [-0.4, -0.2) is 24.4 Å². The fourth-order valence-corrected chi connectivity index (χ4v) is 3.06. The molecule has 1 heterocycles. The number of hydrogen-bond acceptors (Lipinski definition) is 4. The van der Waals surface area contributed by atoms with Gasteiger partial charge in [0.05, 0.1) is 22.2 Å². The SMILES string of the molecule is CN(CC(=O)Nc1sccc1C#N)Cc1cccc(Cl)c1Cl. The first-order valence-corrected chi connectivity index (χ1v) is 8.03. The third-order valence-electron chi connectivity index (χ3n) is 2.92. The van der Waals surface area contributed by atoms with Crippen LogP contribution in [0.5, 0.6) is 0 Å². The largest absolute Gasteiger partial charge is 0.315 e. The Morgan fingerprint density at radius 1 is 1.41 bits per heavy atom. The predicted molar refractivity (Wildman–Crippen MR) is 90.5 cm³/mol. The molecule has 0 saturated carbocycles. The van der Waals surface area contributed by atoms with Gasteiger partial charge in [0.1, 0.15) is 11.1 Å². The van der Waals surface area contributed by atoms with E-state index in [2.05, 4.69) is 5.32 Å². The van der Waals surface area contributed by atoms with Gasteiger partial charge in [0.25, 0.3) is 0 Å². The summed E-state index contributed by atoms with van der Waals surface area (Å²) in [6.07, 6.45) is 0. The number of benzene rings is 1. The molecule has 1 N–H and O–H groups in total. The molecule has 0 unspecified atom stereocenters. The van der Waals surface area contributed by atoms with Crippen molar-refractivity contribution in [3.8, 4) is 6.07 Å². The molecule has 22 heavy (non-hydrogen) atoms. The molecule has 0 aliphatic carbocycles. The van der Waals surface area contributed by atoms with E-state index < -0.39 is 0 Å². The molecule has 1 amide bonds. The number of likely N-dealkylation sites (N-methyl/N-ethyl adjacent to an activating group) is 1. The number of halogens is 2. The molecule has 0 spiro atoms. The molecule has 0 fully saturated rings. The summed E-state index contributed by atoms with van der Waals surface area (Å²) in [5.41, 5.74) is 1.33. The van der Waals surface area contributed by atoms with Crippen LogP contribution in [0, 0.1) is 11.3 Å². The van der Waals surface area contributed by atoms with Crippen LogP contribution in [0.3, 0.4) is 0 Å². The van der Waals surface area contributed by atoms with Gasteiger partial charge in [0.2, 0.25) is 5.91 Å². The van der Waals surface area contributed by atoms with E-state index in [4.69, 9.17) is 28.5 Å². The summed E-state index contributed by atoms with van der Waals surface area (Å²) in [6, 6.07) is 9.13. The minimum Gasteiger partial charge on any atom is -0.315 e. The van der Waals surface area contributed by atoms with Crippen molar-refractivity contribution in [1.82, 2.24) is 4.90 Å². The third-order valence-corrected chi connectivity index (χ3v) is 4.61. The van der Waals surface area contributed by atoms with Crippen molar-refractivity contribution in [2.24, 2.45) is 0 Å². The zero-order valence-corrected chi connectivity index (χ0v) is 14.1. The van der Waals surface area contributed by atoms with Crippen molar-refractivity contribution in [2.75, 3.05) is 18.9 Å². The van der Waals surface area contributed by atoms with E-state index in [1.54, 1.807) is 17.5 Å². The highest BCUT2D eigenvalue weighted by Gasteiger charge is 2.12. The number of amides is 1. The van der Waals surface area contributed by atoms with Crippen LogP contribution in [0.2, 0.25) is 10.0 Å². The van der Waals surface area contributed by atoms with E-state index in [0.717, 1.165) is 5.56 Å². The molecule has 0 bridgehead atoms. The van der Waals surface area contributed by atoms with Crippen LogP contribution in [0.15, 0.2) is 29.6 Å². The van der Waals surface area contributed by atoms with Crippen LogP contribution >= 0.6 is 34.5 Å². The van der Waals surface area contributed by atoms with E-state index >= 15 is 0 Å². The molecule has 0 aliphatic heterocycles. The highest BCUT2D eigenvalue weighted by atomic mass is 35.5. The molecule has 0 saturated heterocycles. The van der Waals surface area contributed by atoms with Gasteiger partial charge in [-0.2, -0.15) is 5.26 Å². The molecule has 0 aliphatic rings. The van der Waals surface area contributed by atoms with Crippen molar-refractivity contribution in [3.63, 3.8) is 0 Å². The maximum absolute atomic E-state index is 12.0. The van der Waals surface area contributed by atoms with Crippen LogP contribution in [0.25, 0.3) is 0 Å². The van der Waals surface area contributed by atoms with Gasteiger partial charge in [0.15, 0.2) is 0 Å². The van der Waals surface area contributed by atoms with Crippen molar-refractivity contribution in [3.05, 3.63) is 50.8 Å². The van der Waals surface area contributed by atoms with Gasteiger partial charge in [-0.05, 0) is 30.1 Å². The highest BCUT2D eigenvalue weighted by Crippen LogP contribution is 2.26. The van der Waals surface area contributed by atoms with Crippen molar-refractivity contribution >= 4 is 45.4 Å². The number of hydrogen-bond donors (Lipinski definition) is 1. The van der Waals surface area contributed by atoms with E-state index in [1.165, 1.54) is 11.3 Å². The second kappa shape index (κ2) is 7.61. The Morgan fingerprint density at radius 2 is 2.18 bits per heavy atom. The monoisotopic (exact) mass is 353 g/mol. The van der Waals surface area contributed by atoms with Crippen molar-refractivity contribution < 1.29 is 4.79 Å². The second-order valence-electron chi connectivity index (χ2n) is 4.71. The Kier molecular flexibility index (Phi) is 5.81. The lowest BCUT2D eigenvalue weighted by atomic mass is 10.2. The van der Waals surface area contributed by atoms with Crippen LogP contribution in [0.1, 0.15) is 11.1 Å². The van der Waals surface area contributed by atoms with Crippen LogP contribution in [0.4, 0.5) is 5.00 Å². The molecule has 4 nitrogen and oxygen atoms in total. The molecule has 1 aromatic heterocycles. The first-order valence-electron chi connectivity index (χ1n) is 6.40. The zero-order valence-electron chi connectivity index (χ0n) is 11.8. The number of thiophene rings is 1. The summed E-state index contributed by atoms with van der Waals surface area (Å²) < 4.78 is 0. The highest BCUT2D eigenvalue weighted by molar-refractivity contribution is 7.14. The normalized spacial score (nSPS) is 10.5. The lowest BCUT2D eigenvalue weighted by molar-refractivity contribution is -0.117. The average molecular weight is 354 g/mol. The number of nitriles is 1. The van der Waals surface area contributed by atoms with Gasteiger partial charge >= 0.3 is 0 Å². The fourth-order valence-electron chi connectivity index (χ4n) is 1.92. The molecule has 0 radical (unpaired) electrons. The van der Waals surface area contributed by atoms with Crippen LogP contribution in [-0.2, 0) is 11.3 Å². The number of anilines is 1. The Hall–Kier alpha value is -1.58. The summed E-state index contributed by atoms with van der Waals surface area (Å²) in [5, 5.41) is 15.0. The quantitative estimate of drug-likeness (QED) is 0.883. The second-order valence-corrected chi connectivity index (χ2v) is 6.41. The summed E-state index contributed by atoms with van der Waals surface area (Å²) >= 11 is 13.4. The number of nitrogens with zero attached hydrogens (tertiary/aromatic N) is 2. The van der Waals surface area contributed by atoms with E-state index in [-0.39, 0.29) is 12.5 Å². The molecule has 114 valence electrons. The summed E-state index contributed by atoms with van der Waals surface area (Å²) in [4.78, 5) is 13.8. The minimum absolute atomic E-state index is 0.181. The number of carbonyl (C=O) groups is 1. The first-order chi connectivity index (χ1) is 10.5. The number of carbonyl (C=O) groups excluding carboxylic acids is 1. The fraction of sp³-hybridized carbons (Fsp3) is 0.200. The Labute approximate surface area is 142 Å². The molecular formula is C15H13Cl2N3OS. The molecule has 2 aromatic rings. The van der Waals surface area contributed by atoms with Crippen molar-refractivity contribution in [1.29, 1.82) is 5.26 Å². The van der Waals surface area contributed by atoms with E-state index in [9.17, 15) is 4.79 Å². The summed E-state index contributed by atoms with van der Waals surface area (Å²) in [7, 11) is 1.82. The lowest BCUT2D eigenvalue weighted by Crippen LogP contribution is -2.29. The van der Waals surface area contributed by atoms with Gasteiger partial charge in [-0.15, -0.1) is 11.3 Å². The molecule has 7 heteroatoms. The topological polar surface area (TPSA) is 56.1 Å². The van der Waals surface area contributed by atoms with E-state index in [0.29, 0.717) is 27.2 Å². The molecule has 0 atom stereocenters. The zero-order chi connectivity index (χ0) is 16.1. The maximum Gasteiger partial charge on any atom is 0.239 e. The molecular weight excluding hydrogens is 341 g/mol. The van der Waals surface area contributed by atoms with Gasteiger partial charge in [-0.1, -0.05) is 35.3 Å². The molecule has 1 aromatic carbocycles. The van der Waals surface area contributed by atoms with Gasteiger partial charge < -0.3 is 5.32 Å². The summed E-state index contributed by atoms with van der Waals surface area (Å²) in [5.74, 6) is -0.181. The van der Waals surface area contributed by atoms with Crippen LogP contribution < -0.4 is 5.32 Å². The Balaban J connectivity index is 1.94. The van der Waals surface area contributed by atoms with Gasteiger partial charge in [-0.25, -0.2) is 0 Å². The predicted octanol–water partition coefficient (Wildman–Crippen LogP) is 4.00. The Morgan fingerprint density at radius 3 is 2.91 bits per heavy atom. The lowest BCUT2D eigenvalue weighted by Gasteiger charge is -2.17. The first kappa shape index (κ1) is 16.8. The average Bonchev–Trinajstić information content (AvgIpc) is 2.90. The number of rotatable bonds is 5. The van der Waals surface area contributed by atoms with E-state index in [1.807, 2.05) is 30.1 Å². The maximum atomic E-state index is 12.0. The third kappa shape index (κ3) is 4.21. The summed E-state index contributed by atoms with van der Waals surface area (Å²) in [6.45, 7) is 0.688. The number of nitrogens with one attached hydrogen (secondary N) is 1. The van der Waals surface area contributed by atoms with Crippen molar-refractivity contribution in [2.45, 2.75) is 6.54 Å². The Bertz CT molecular complexity index is 724. The smallest absolute Gasteiger partial charge is 0.239 e. The van der Waals surface area contributed by atoms with Gasteiger partial charge in [0, 0.05) is 6.54 Å². The van der Waals surface area contributed by atoms with Gasteiger partial charge in [-0.3, -0.25) is 9.69 Å². The minimum atomic E-state index is -0.181. The molecule has 2 rings (SSSR count). The standard InChI is InChI=1S/C15H13Cl2N3OS/c1-20(8-11-3-2-4-12(16)14(11)17)9-13(21)19-15-10(7-18)5-6-22-15/h2-6H,8-9H2,1H3,(H,19,21).